The topological polar surface area (TPSA) is 95.6 Å². The Balaban J connectivity index is 0.000000727. The van der Waals surface area contributed by atoms with Crippen molar-refractivity contribution >= 4 is 34.9 Å². The fraction of sp³-hybridized carbons (Fsp3) is 0.405. The van der Waals surface area contributed by atoms with Crippen LogP contribution in [0.25, 0.3) is 0 Å². The summed E-state index contributed by atoms with van der Waals surface area (Å²) in [5.41, 5.74) is 2.78. The van der Waals surface area contributed by atoms with E-state index >= 15 is 0 Å². The van der Waals surface area contributed by atoms with Gasteiger partial charge in [0.25, 0.3) is 5.91 Å². The number of halogens is 4. The molecule has 3 aromatic carbocycles. The molecule has 270 valence electrons. The molecule has 2 aliphatic rings. The fourth-order valence-electron chi connectivity index (χ4n) is 5.58. The molecule has 0 bridgehead atoms. The number of amides is 1. The first-order chi connectivity index (χ1) is 23.6. The largest absolute Gasteiger partial charge is 0.573 e. The molecule has 9 nitrogen and oxygen atoms in total. The van der Waals surface area contributed by atoms with Gasteiger partial charge in [-0.15, -0.1) is 13.2 Å². The van der Waals surface area contributed by atoms with Crippen molar-refractivity contribution in [3.05, 3.63) is 88.5 Å². The van der Waals surface area contributed by atoms with Crippen LogP contribution in [0.15, 0.2) is 72.3 Å². The molecule has 0 unspecified atom stereocenters. The van der Waals surface area contributed by atoms with Crippen LogP contribution in [-0.4, -0.2) is 57.8 Å². The molecule has 2 atom stereocenters. The molecule has 50 heavy (non-hydrogen) atoms. The first-order valence-corrected chi connectivity index (χ1v) is 16.5. The van der Waals surface area contributed by atoms with E-state index in [9.17, 15) is 22.8 Å². The Morgan fingerprint density at radius 1 is 0.940 bits per heavy atom. The van der Waals surface area contributed by atoms with Crippen molar-refractivity contribution in [3.63, 3.8) is 0 Å². The van der Waals surface area contributed by atoms with Crippen molar-refractivity contribution in [2.75, 3.05) is 37.6 Å². The molecule has 0 spiro atoms. The van der Waals surface area contributed by atoms with Gasteiger partial charge in [-0.2, -0.15) is 0 Å². The second-order valence-electron chi connectivity index (χ2n) is 12.3. The van der Waals surface area contributed by atoms with Crippen molar-refractivity contribution < 1.29 is 46.4 Å². The highest BCUT2D eigenvalue weighted by molar-refractivity contribution is 6.30. The zero-order chi connectivity index (χ0) is 36.6. The normalized spacial score (nSPS) is 15.6. The van der Waals surface area contributed by atoms with Crippen LogP contribution in [-0.2, 0) is 25.5 Å². The van der Waals surface area contributed by atoms with Crippen LogP contribution in [0.3, 0.4) is 0 Å². The molecule has 3 aromatic rings. The Morgan fingerprint density at radius 2 is 1.60 bits per heavy atom. The zero-order valence-corrected chi connectivity index (χ0v) is 29.6. The van der Waals surface area contributed by atoms with E-state index in [1.54, 1.807) is 48.5 Å². The van der Waals surface area contributed by atoms with Gasteiger partial charge in [-0.3, -0.25) is 4.79 Å². The molecular weight excluding hydrogens is 677 g/mol. The fourth-order valence-corrected chi connectivity index (χ4v) is 5.70. The summed E-state index contributed by atoms with van der Waals surface area (Å²) in [5.74, 6) is -0.151. The second kappa shape index (κ2) is 17.0. The van der Waals surface area contributed by atoms with Crippen molar-refractivity contribution in [2.45, 2.75) is 65.1 Å². The van der Waals surface area contributed by atoms with Crippen LogP contribution >= 0.6 is 11.6 Å². The first-order valence-electron chi connectivity index (χ1n) is 16.1. The van der Waals surface area contributed by atoms with Gasteiger partial charge >= 0.3 is 12.3 Å². The summed E-state index contributed by atoms with van der Waals surface area (Å²) in [6.07, 6.45) is -1.29. The maximum atomic E-state index is 14.1. The Morgan fingerprint density at radius 3 is 2.18 bits per heavy atom. The summed E-state index contributed by atoms with van der Waals surface area (Å²) in [7, 11) is 2.84. The van der Waals surface area contributed by atoms with Gasteiger partial charge in [0.15, 0.2) is 0 Å². The number of ether oxygens (including phenoxy) is 5. The number of nitrogens with one attached hydrogen (secondary N) is 1. The molecule has 13 heteroatoms. The molecule has 1 heterocycles. The molecule has 1 aliphatic carbocycles. The van der Waals surface area contributed by atoms with Crippen molar-refractivity contribution in [2.24, 2.45) is 5.92 Å². The van der Waals surface area contributed by atoms with Gasteiger partial charge in [-0.1, -0.05) is 35.9 Å². The number of hydrogen-bond donors (Lipinski definition) is 1. The third-order valence-corrected chi connectivity index (χ3v) is 7.96. The standard InChI is InChI=1S/C31H28ClF3N2O6.C6H14O/c1-40-25-13-23(14-26(15-25)42-17-18-11-21(12-18)30(39)41-2)36-28(20-3-6-22(32)7-4-20)29(38)37-10-9-19-5-8-24(16-27(19)37)43-31(33,34)35;1-5(2)7-6(3)4/h3-8,11,13-16,18,28,36H,9-10,12,17H2,1-2H3;5-6H,1-4H3/t18-,28+;/m1./s1. The number of carbonyl (C=O) groups excluding carboxylic acids is 2. The number of hydrogen-bond acceptors (Lipinski definition) is 8. The molecule has 5 rings (SSSR count). The minimum absolute atomic E-state index is 0.0431. The van der Waals surface area contributed by atoms with Crippen molar-refractivity contribution in [1.82, 2.24) is 0 Å². The number of fused-ring (bicyclic) bond motifs is 1. The predicted octanol–water partition coefficient (Wildman–Crippen LogP) is 8.31. The van der Waals surface area contributed by atoms with Crippen LogP contribution in [0.2, 0.25) is 5.02 Å². The summed E-state index contributed by atoms with van der Waals surface area (Å²) in [6, 6.07) is 14.9. The second-order valence-corrected chi connectivity index (χ2v) is 12.7. The lowest BCUT2D eigenvalue weighted by Gasteiger charge is -2.27. The van der Waals surface area contributed by atoms with Crippen molar-refractivity contribution in [3.8, 4) is 17.2 Å². The number of anilines is 2. The van der Waals surface area contributed by atoms with Crippen molar-refractivity contribution in [1.29, 1.82) is 0 Å². The quantitative estimate of drug-likeness (QED) is 0.187. The molecular formula is C37H42ClF3N2O7. The molecule has 0 fully saturated rings. The average Bonchev–Trinajstić information content (AvgIpc) is 3.45. The van der Waals surface area contributed by atoms with Gasteiger partial charge in [-0.25, -0.2) is 4.79 Å². The summed E-state index contributed by atoms with van der Waals surface area (Å²) >= 11 is 6.11. The van der Waals surface area contributed by atoms with E-state index in [4.69, 9.17) is 30.5 Å². The van der Waals surface area contributed by atoms with E-state index in [0.29, 0.717) is 70.7 Å². The van der Waals surface area contributed by atoms with Crippen LogP contribution in [0.4, 0.5) is 24.5 Å². The molecule has 0 saturated carbocycles. The highest BCUT2D eigenvalue weighted by Crippen LogP contribution is 2.37. The van der Waals surface area contributed by atoms with E-state index in [1.165, 1.54) is 37.3 Å². The number of alkyl halides is 3. The van der Waals surface area contributed by atoms with Crippen LogP contribution in [0, 0.1) is 5.92 Å². The number of carbonyl (C=O) groups is 2. The highest BCUT2D eigenvalue weighted by Gasteiger charge is 2.35. The minimum Gasteiger partial charge on any atom is -0.497 e. The maximum Gasteiger partial charge on any atom is 0.573 e. The number of esters is 1. The number of benzene rings is 3. The van der Waals surface area contributed by atoms with Gasteiger partial charge in [0, 0.05) is 53.0 Å². The van der Waals surface area contributed by atoms with Gasteiger partial charge < -0.3 is 33.9 Å². The van der Waals surface area contributed by atoms with E-state index in [2.05, 4.69) is 10.1 Å². The third kappa shape index (κ3) is 10.8. The number of nitrogens with zero attached hydrogens (tertiary/aromatic N) is 1. The predicted molar refractivity (Wildman–Crippen MR) is 185 cm³/mol. The minimum atomic E-state index is -4.86. The monoisotopic (exact) mass is 718 g/mol. The van der Waals surface area contributed by atoms with Gasteiger partial charge in [0.05, 0.1) is 38.7 Å². The highest BCUT2D eigenvalue weighted by atomic mass is 35.5. The molecule has 1 N–H and O–H groups in total. The Bertz CT molecular complexity index is 1660. The molecule has 1 amide bonds. The lowest BCUT2D eigenvalue weighted by Crippen LogP contribution is -2.37. The van der Waals surface area contributed by atoms with Gasteiger partial charge in [0.1, 0.15) is 23.3 Å². The molecule has 0 radical (unpaired) electrons. The van der Waals surface area contributed by atoms with E-state index in [0.717, 1.165) is 5.56 Å². The lowest BCUT2D eigenvalue weighted by molar-refractivity contribution is -0.274. The summed E-state index contributed by atoms with van der Waals surface area (Å²) in [4.78, 5) is 27.1. The zero-order valence-electron chi connectivity index (χ0n) is 28.8. The summed E-state index contributed by atoms with van der Waals surface area (Å²) < 4.78 is 64.2. The number of methoxy groups -OCH3 is 2. The summed E-state index contributed by atoms with van der Waals surface area (Å²) in [6.45, 7) is 8.77. The van der Waals surface area contributed by atoms with Gasteiger partial charge in [-0.05, 0) is 69.9 Å². The third-order valence-electron chi connectivity index (χ3n) is 7.70. The SMILES string of the molecule is CC(C)OC(C)C.COC(=O)C1=C[C@@H](COc2cc(N[C@H](C(=O)N3CCc4ccc(OC(F)(F)F)cc43)c3ccc(Cl)cc3)cc(OC)c2)C1. The Hall–Kier alpha value is -4.42. The Labute approximate surface area is 295 Å². The first kappa shape index (κ1) is 38.4. The smallest absolute Gasteiger partial charge is 0.497 e. The average molecular weight is 719 g/mol. The Kier molecular flexibility index (Phi) is 13.0. The number of rotatable bonds is 12. The molecule has 1 aliphatic heterocycles. The molecule has 0 saturated heterocycles. The molecule has 0 aromatic heterocycles. The van der Waals surface area contributed by atoms with Crippen LogP contribution in [0.5, 0.6) is 17.2 Å². The van der Waals surface area contributed by atoms with Crippen LogP contribution in [0.1, 0.15) is 51.3 Å². The van der Waals surface area contributed by atoms with Crippen LogP contribution < -0.4 is 24.4 Å². The maximum absolute atomic E-state index is 14.1. The van der Waals surface area contributed by atoms with E-state index in [-0.39, 0.29) is 24.3 Å². The lowest BCUT2D eigenvalue weighted by atomic mass is 9.87. The summed E-state index contributed by atoms with van der Waals surface area (Å²) in [5, 5.41) is 3.74. The van der Waals surface area contributed by atoms with Gasteiger partial charge in [0.2, 0.25) is 0 Å². The van der Waals surface area contributed by atoms with E-state index < -0.39 is 18.2 Å². The van der Waals surface area contributed by atoms with E-state index in [1.807, 2.05) is 27.7 Å².